The van der Waals surface area contributed by atoms with Crippen molar-refractivity contribution in [2.75, 3.05) is 9.80 Å². The summed E-state index contributed by atoms with van der Waals surface area (Å²) in [4.78, 5) is 5.24. The molecular formula is C49H42N2. The van der Waals surface area contributed by atoms with Crippen molar-refractivity contribution < 1.29 is 0 Å². The number of para-hydroxylation sites is 2. The summed E-state index contributed by atoms with van der Waals surface area (Å²) in [5.41, 5.74) is 15.6. The van der Waals surface area contributed by atoms with Crippen LogP contribution in [0.4, 0.5) is 22.7 Å². The number of benzene rings is 7. The Labute approximate surface area is 301 Å². The molecule has 2 aliphatic heterocycles. The molecule has 2 heterocycles. The highest BCUT2D eigenvalue weighted by molar-refractivity contribution is 6.10. The lowest BCUT2D eigenvalue weighted by Crippen LogP contribution is -2.34. The second-order valence-electron chi connectivity index (χ2n) is 14.8. The van der Waals surface area contributed by atoms with Crippen LogP contribution in [-0.2, 0) is 18.3 Å². The lowest BCUT2D eigenvalue weighted by molar-refractivity contribution is 0.617. The fourth-order valence-corrected chi connectivity index (χ4v) is 9.80. The van der Waals surface area contributed by atoms with Crippen LogP contribution >= 0.6 is 0 Å². The lowest BCUT2D eigenvalue weighted by Gasteiger charge is -2.40. The third-order valence-electron chi connectivity index (χ3n) is 12.1. The van der Waals surface area contributed by atoms with Gasteiger partial charge in [-0.1, -0.05) is 127 Å². The van der Waals surface area contributed by atoms with Gasteiger partial charge in [-0.2, -0.15) is 0 Å². The quantitative estimate of drug-likeness (QED) is 0.186. The zero-order valence-electron chi connectivity index (χ0n) is 29.4. The van der Waals surface area contributed by atoms with Gasteiger partial charge < -0.3 is 9.80 Å². The SMILES string of the molecule is CC1CCc2ccccc2N1c1ccc2c(c1)C(c1ccccc1)(c1ccccc1)c1cc(N3c4ccccc4CCC3C)c3ccccc3c1-2. The van der Waals surface area contributed by atoms with Crippen molar-refractivity contribution in [3.05, 3.63) is 191 Å². The zero-order chi connectivity index (χ0) is 34.1. The highest BCUT2D eigenvalue weighted by Gasteiger charge is 2.48. The molecule has 0 N–H and O–H groups in total. The van der Waals surface area contributed by atoms with Gasteiger partial charge in [-0.15, -0.1) is 0 Å². The van der Waals surface area contributed by atoms with Crippen LogP contribution in [0.25, 0.3) is 21.9 Å². The molecule has 0 aromatic heterocycles. The van der Waals surface area contributed by atoms with E-state index in [1.54, 1.807) is 0 Å². The molecule has 0 bridgehead atoms. The van der Waals surface area contributed by atoms with E-state index in [1.165, 1.54) is 78.0 Å². The molecule has 0 spiro atoms. The van der Waals surface area contributed by atoms with Gasteiger partial charge >= 0.3 is 0 Å². The maximum absolute atomic E-state index is 2.64. The monoisotopic (exact) mass is 658 g/mol. The first kappa shape index (κ1) is 30.2. The van der Waals surface area contributed by atoms with E-state index in [1.807, 2.05) is 0 Å². The molecule has 1 aliphatic carbocycles. The summed E-state index contributed by atoms with van der Waals surface area (Å²) >= 11 is 0. The van der Waals surface area contributed by atoms with Crippen LogP contribution in [-0.4, -0.2) is 12.1 Å². The van der Waals surface area contributed by atoms with E-state index in [-0.39, 0.29) is 0 Å². The van der Waals surface area contributed by atoms with Crippen LogP contribution in [0.1, 0.15) is 60.1 Å². The van der Waals surface area contributed by atoms with Gasteiger partial charge in [0.05, 0.1) is 5.41 Å². The molecule has 248 valence electrons. The van der Waals surface area contributed by atoms with Gasteiger partial charge in [-0.05, 0) is 120 Å². The minimum absolute atomic E-state index is 0.375. The molecule has 51 heavy (non-hydrogen) atoms. The number of anilines is 4. The van der Waals surface area contributed by atoms with Crippen molar-refractivity contribution in [1.29, 1.82) is 0 Å². The Morgan fingerprint density at radius 1 is 0.471 bits per heavy atom. The summed E-state index contributed by atoms with van der Waals surface area (Å²) in [6.45, 7) is 4.79. The summed E-state index contributed by atoms with van der Waals surface area (Å²) in [5.74, 6) is 0. The molecule has 10 rings (SSSR count). The molecule has 0 saturated carbocycles. The summed E-state index contributed by atoms with van der Waals surface area (Å²) in [5, 5.41) is 2.63. The van der Waals surface area contributed by atoms with E-state index < -0.39 is 5.41 Å². The molecule has 0 radical (unpaired) electrons. The Morgan fingerprint density at radius 3 is 1.65 bits per heavy atom. The van der Waals surface area contributed by atoms with Crippen LogP contribution in [0, 0.1) is 0 Å². The first-order valence-electron chi connectivity index (χ1n) is 18.7. The third kappa shape index (κ3) is 4.42. The number of rotatable bonds is 4. The van der Waals surface area contributed by atoms with Gasteiger partial charge in [0.1, 0.15) is 0 Å². The first-order chi connectivity index (χ1) is 25.1. The maximum Gasteiger partial charge on any atom is 0.0715 e. The fourth-order valence-electron chi connectivity index (χ4n) is 9.80. The van der Waals surface area contributed by atoms with Gasteiger partial charge in [0.15, 0.2) is 0 Å². The Kier molecular flexibility index (Phi) is 6.96. The van der Waals surface area contributed by atoms with E-state index >= 15 is 0 Å². The summed E-state index contributed by atoms with van der Waals surface area (Å²) in [6.07, 6.45) is 4.50. The maximum atomic E-state index is 2.64. The number of fused-ring (bicyclic) bond motifs is 7. The topological polar surface area (TPSA) is 6.48 Å². The van der Waals surface area contributed by atoms with Gasteiger partial charge in [-0.3, -0.25) is 0 Å². The predicted octanol–water partition coefficient (Wildman–Crippen LogP) is 12.1. The van der Waals surface area contributed by atoms with Crippen molar-refractivity contribution in [2.24, 2.45) is 0 Å². The standard InChI is InChI=1S/C49H42N2/c1-33-25-27-35-15-9-13-23-45(35)50(33)39-29-30-42-43(31-39)49(37-17-5-3-6-18-37,38-19-7-4-8-20-38)44-32-47(40-21-11-12-22-41(40)48(42)44)51-34(2)26-28-36-16-10-14-24-46(36)51/h3-24,29-34H,25-28H2,1-2H3. The average Bonchev–Trinajstić information content (AvgIpc) is 3.48. The molecule has 7 aromatic rings. The second kappa shape index (κ2) is 11.7. The highest BCUT2D eigenvalue weighted by atomic mass is 15.2. The summed E-state index contributed by atoms with van der Waals surface area (Å²) in [7, 11) is 0. The molecule has 7 aromatic carbocycles. The molecule has 2 unspecified atom stereocenters. The molecule has 0 saturated heterocycles. The van der Waals surface area contributed by atoms with Crippen molar-refractivity contribution in [1.82, 2.24) is 0 Å². The number of hydrogen-bond acceptors (Lipinski definition) is 2. The predicted molar refractivity (Wildman–Crippen MR) is 214 cm³/mol. The molecular weight excluding hydrogens is 617 g/mol. The van der Waals surface area contributed by atoms with Crippen LogP contribution in [0.3, 0.4) is 0 Å². The number of hydrogen-bond donors (Lipinski definition) is 0. The first-order valence-corrected chi connectivity index (χ1v) is 18.7. The smallest absolute Gasteiger partial charge is 0.0715 e. The van der Waals surface area contributed by atoms with E-state index in [0.717, 1.165) is 25.7 Å². The van der Waals surface area contributed by atoms with Gasteiger partial charge in [0.25, 0.3) is 0 Å². The average molecular weight is 659 g/mol. The van der Waals surface area contributed by atoms with Crippen LogP contribution in [0.2, 0.25) is 0 Å². The second-order valence-corrected chi connectivity index (χ2v) is 14.8. The van der Waals surface area contributed by atoms with Crippen molar-refractivity contribution in [3.63, 3.8) is 0 Å². The zero-order valence-corrected chi connectivity index (χ0v) is 29.4. The number of nitrogens with zero attached hydrogens (tertiary/aromatic N) is 2. The van der Waals surface area contributed by atoms with E-state index in [0.29, 0.717) is 12.1 Å². The fraction of sp³-hybridized carbons (Fsp3) is 0.184. The number of aryl methyl sites for hydroxylation is 2. The van der Waals surface area contributed by atoms with Gasteiger partial charge in [-0.25, -0.2) is 0 Å². The van der Waals surface area contributed by atoms with Crippen LogP contribution < -0.4 is 9.80 Å². The third-order valence-corrected chi connectivity index (χ3v) is 12.1. The molecule has 2 atom stereocenters. The Morgan fingerprint density at radius 2 is 1.00 bits per heavy atom. The minimum Gasteiger partial charge on any atom is -0.338 e. The normalized spacial score (nSPS) is 18.5. The minimum atomic E-state index is -0.515. The molecule has 2 nitrogen and oxygen atoms in total. The highest BCUT2D eigenvalue weighted by Crippen LogP contribution is 2.60. The molecule has 3 aliphatic rings. The molecule has 2 heteroatoms. The van der Waals surface area contributed by atoms with Crippen molar-refractivity contribution in [2.45, 2.75) is 57.0 Å². The molecule has 0 fully saturated rings. The summed E-state index contributed by atoms with van der Waals surface area (Å²) < 4.78 is 0. The van der Waals surface area contributed by atoms with Crippen LogP contribution in [0.15, 0.2) is 158 Å². The van der Waals surface area contributed by atoms with E-state index in [4.69, 9.17) is 0 Å². The molecule has 0 amide bonds. The van der Waals surface area contributed by atoms with E-state index in [2.05, 4.69) is 181 Å². The summed E-state index contributed by atoms with van der Waals surface area (Å²) in [6, 6.07) is 60.5. The Bertz CT molecular complexity index is 2390. The lowest BCUT2D eigenvalue weighted by atomic mass is 9.67. The van der Waals surface area contributed by atoms with Crippen molar-refractivity contribution in [3.8, 4) is 11.1 Å². The largest absolute Gasteiger partial charge is 0.338 e. The Balaban J connectivity index is 1.32. The van der Waals surface area contributed by atoms with Crippen LogP contribution in [0.5, 0.6) is 0 Å². The Hall–Kier alpha value is -5.60. The van der Waals surface area contributed by atoms with E-state index in [9.17, 15) is 0 Å². The van der Waals surface area contributed by atoms with Gasteiger partial charge in [0.2, 0.25) is 0 Å². The van der Waals surface area contributed by atoms with Crippen molar-refractivity contribution >= 4 is 33.5 Å². The van der Waals surface area contributed by atoms with Gasteiger partial charge in [0, 0.05) is 40.2 Å².